The third kappa shape index (κ3) is 2.95. The van der Waals surface area contributed by atoms with Gasteiger partial charge in [0.05, 0.1) is 11.3 Å². The van der Waals surface area contributed by atoms with Crippen molar-refractivity contribution in [1.29, 1.82) is 5.26 Å². The Labute approximate surface area is 125 Å². The number of halogens is 1. The molecule has 0 radical (unpaired) electrons. The highest BCUT2D eigenvalue weighted by Gasteiger charge is 2.11. The molecule has 0 aromatic heterocycles. The van der Waals surface area contributed by atoms with Gasteiger partial charge in [-0.15, -0.1) is 0 Å². The van der Waals surface area contributed by atoms with Crippen LogP contribution in [0.25, 0.3) is 0 Å². The van der Waals surface area contributed by atoms with Crippen LogP contribution in [0.3, 0.4) is 0 Å². The van der Waals surface area contributed by atoms with E-state index in [0.717, 1.165) is 16.9 Å². The number of nitrogens with one attached hydrogen (secondary N) is 1. The molecule has 2 aromatic carbocycles. The summed E-state index contributed by atoms with van der Waals surface area (Å²) >= 11 is 6.03. The van der Waals surface area contributed by atoms with Gasteiger partial charge in [-0.25, -0.2) is 0 Å². The molecule has 2 aromatic rings. The molecular formula is C17H17ClN2. The van der Waals surface area contributed by atoms with Crippen molar-refractivity contribution >= 4 is 23.0 Å². The summed E-state index contributed by atoms with van der Waals surface area (Å²) in [6.07, 6.45) is 0. The summed E-state index contributed by atoms with van der Waals surface area (Å²) in [4.78, 5) is 0. The van der Waals surface area contributed by atoms with Crippen molar-refractivity contribution in [3.8, 4) is 6.07 Å². The average Bonchev–Trinajstić information content (AvgIpc) is 2.41. The largest absolute Gasteiger partial charge is 0.354 e. The van der Waals surface area contributed by atoms with Crippen LogP contribution in [0.2, 0.25) is 5.02 Å². The molecule has 0 fully saturated rings. The standard InChI is InChI=1S/C17H17ClN2/c1-11(2)15-6-4-5-12(3)17(15)20-16-9-14(18)8-7-13(16)10-19/h4-9,11,20H,1-3H3. The lowest BCUT2D eigenvalue weighted by molar-refractivity contribution is 0.867. The maximum absolute atomic E-state index is 9.20. The number of anilines is 2. The SMILES string of the molecule is Cc1cccc(C(C)C)c1Nc1cc(Cl)ccc1C#N. The fourth-order valence-corrected chi connectivity index (χ4v) is 2.37. The van der Waals surface area contributed by atoms with Crippen LogP contribution in [0.4, 0.5) is 11.4 Å². The Kier molecular flexibility index (Phi) is 4.32. The van der Waals surface area contributed by atoms with Crippen molar-refractivity contribution in [3.63, 3.8) is 0 Å². The van der Waals surface area contributed by atoms with Gasteiger partial charge >= 0.3 is 0 Å². The normalized spacial score (nSPS) is 10.4. The van der Waals surface area contributed by atoms with E-state index in [2.05, 4.69) is 50.4 Å². The molecular weight excluding hydrogens is 268 g/mol. The van der Waals surface area contributed by atoms with Crippen LogP contribution in [-0.2, 0) is 0 Å². The fraction of sp³-hybridized carbons (Fsp3) is 0.235. The molecule has 1 N–H and O–H groups in total. The molecule has 102 valence electrons. The number of aryl methyl sites for hydroxylation is 1. The highest BCUT2D eigenvalue weighted by atomic mass is 35.5. The minimum Gasteiger partial charge on any atom is -0.354 e. The van der Waals surface area contributed by atoms with Gasteiger partial charge in [0.25, 0.3) is 0 Å². The summed E-state index contributed by atoms with van der Waals surface area (Å²) in [5, 5.41) is 13.2. The zero-order chi connectivity index (χ0) is 14.7. The Morgan fingerprint density at radius 3 is 2.60 bits per heavy atom. The van der Waals surface area contributed by atoms with Crippen molar-refractivity contribution in [2.45, 2.75) is 26.7 Å². The van der Waals surface area contributed by atoms with E-state index in [4.69, 9.17) is 11.6 Å². The predicted molar refractivity (Wildman–Crippen MR) is 84.7 cm³/mol. The van der Waals surface area contributed by atoms with Crippen LogP contribution in [0.15, 0.2) is 36.4 Å². The van der Waals surface area contributed by atoms with Crippen molar-refractivity contribution in [3.05, 3.63) is 58.1 Å². The Bertz CT molecular complexity index is 669. The first-order valence-electron chi connectivity index (χ1n) is 6.59. The average molecular weight is 285 g/mol. The third-order valence-corrected chi connectivity index (χ3v) is 3.52. The van der Waals surface area contributed by atoms with Gasteiger partial charge in [-0.2, -0.15) is 5.26 Å². The Hall–Kier alpha value is -1.98. The van der Waals surface area contributed by atoms with Crippen LogP contribution >= 0.6 is 11.6 Å². The number of benzene rings is 2. The maximum Gasteiger partial charge on any atom is 0.101 e. The second-order valence-electron chi connectivity index (χ2n) is 5.12. The molecule has 0 atom stereocenters. The van der Waals surface area contributed by atoms with Gasteiger partial charge in [0.2, 0.25) is 0 Å². The molecule has 0 spiro atoms. The van der Waals surface area contributed by atoms with Crippen LogP contribution in [0.5, 0.6) is 0 Å². The first-order chi connectivity index (χ1) is 9.52. The summed E-state index contributed by atoms with van der Waals surface area (Å²) in [5.41, 5.74) is 4.78. The molecule has 0 heterocycles. The first-order valence-corrected chi connectivity index (χ1v) is 6.97. The number of nitriles is 1. The van der Waals surface area contributed by atoms with E-state index in [-0.39, 0.29) is 0 Å². The molecule has 20 heavy (non-hydrogen) atoms. The van der Waals surface area contributed by atoms with E-state index in [9.17, 15) is 5.26 Å². The lowest BCUT2D eigenvalue weighted by atomic mass is 9.98. The van der Waals surface area contributed by atoms with E-state index in [1.807, 2.05) is 0 Å². The topological polar surface area (TPSA) is 35.8 Å². The van der Waals surface area contributed by atoms with Crippen molar-refractivity contribution in [2.24, 2.45) is 0 Å². The van der Waals surface area contributed by atoms with Gasteiger partial charge < -0.3 is 5.32 Å². The molecule has 0 saturated carbocycles. The van der Waals surface area contributed by atoms with E-state index >= 15 is 0 Å². The molecule has 0 unspecified atom stereocenters. The minimum absolute atomic E-state index is 0.405. The second-order valence-corrected chi connectivity index (χ2v) is 5.56. The van der Waals surface area contributed by atoms with E-state index < -0.39 is 0 Å². The van der Waals surface area contributed by atoms with Gasteiger partial charge in [0.1, 0.15) is 6.07 Å². The first kappa shape index (κ1) is 14.4. The molecule has 0 saturated heterocycles. The number of rotatable bonds is 3. The molecule has 0 bridgehead atoms. The Balaban J connectivity index is 2.50. The summed E-state index contributed by atoms with van der Waals surface area (Å²) in [6, 6.07) is 13.7. The molecule has 2 rings (SSSR count). The highest BCUT2D eigenvalue weighted by molar-refractivity contribution is 6.30. The number of hydrogen-bond donors (Lipinski definition) is 1. The number of hydrogen-bond acceptors (Lipinski definition) is 2. The van der Waals surface area contributed by atoms with Crippen molar-refractivity contribution in [2.75, 3.05) is 5.32 Å². The number of nitrogens with zero attached hydrogens (tertiary/aromatic N) is 1. The molecule has 0 amide bonds. The van der Waals surface area contributed by atoms with Gasteiger partial charge in [0.15, 0.2) is 0 Å². The van der Waals surface area contributed by atoms with E-state index in [0.29, 0.717) is 16.5 Å². The fourth-order valence-electron chi connectivity index (χ4n) is 2.19. The molecule has 0 aliphatic carbocycles. The maximum atomic E-state index is 9.20. The van der Waals surface area contributed by atoms with Crippen LogP contribution < -0.4 is 5.32 Å². The lowest BCUT2D eigenvalue weighted by Crippen LogP contribution is -2.01. The van der Waals surface area contributed by atoms with Crippen LogP contribution in [0, 0.1) is 18.3 Å². The molecule has 0 aliphatic rings. The van der Waals surface area contributed by atoms with Gasteiger partial charge in [-0.3, -0.25) is 0 Å². The minimum atomic E-state index is 0.405. The van der Waals surface area contributed by atoms with Crippen molar-refractivity contribution in [1.82, 2.24) is 0 Å². The molecule has 2 nitrogen and oxygen atoms in total. The van der Waals surface area contributed by atoms with Crippen LogP contribution in [0.1, 0.15) is 36.5 Å². The van der Waals surface area contributed by atoms with Crippen molar-refractivity contribution < 1.29 is 0 Å². The zero-order valence-corrected chi connectivity index (χ0v) is 12.6. The summed E-state index contributed by atoms with van der Waals surface area (Å²) in [7, 11) is 0. The molecule has 0 aliphatic heterocycles. The lowest BCUT2D eigenvalue weighted by Gasteiger charge is -2.18. The number of para-hydroxylation sites is 1. The Morgan fingerprint density at radius 1 is 1.20 bits per heavy atom. The monoisotopic (exact) mass is 284 g/mol. The highest BCUT2D eigenvalue weighted by Crippen LogP contribution is 2.32. The smallest absolute Gasteiger partial charge is 0.101 e. The van der Waals surface area contributed by atoms with Gasteiger partial charge in [0, 0.05) is 10.7 Å². The summed E-state index contributed by atoms with van der Waals surface area (Å²) < 4.78 is 0. The predicted octanol–water partition coefficient (Wildman–Crippen LogP) is 5.39. The Morgan fingerprint density at radius 2 is 1.95 bits per heavy atom. The van der Waals surface area contributed by atoms with Gasteiger partial charge in [-0.1, -0.05) is 43.6 Å². The third-order valence-electron chi connectivity index (χ3n) is 3.29. The summed E-state index contributed by atoms with van der Waals surface area (Å²) in [6.45, 7) is 6.37. The second kappa shape index (κ2) is 5.98. The zero-order valence-electron chi connectivity index (χ0n) is 11.9. The summed E-state index contributed by atoms with van der Waals surface area (Å²) in [5.74, 6) is 0.405. The van der Waals surface area contributed by atoms with Crippen LogP contribution in [-0.4, -0.2) is 0 Å². The molecule has 3 heteroatoms. The quantitative estimate of drug-likeness (QED) is 0.820. The van der Waals surface area contributed by atoms with Gasteiger partial charge in [-0.05, 0) is 42.2 Å². The van der Waals surface area contributed by atoms with E-state index in [1.165, 1.54) is 5.56 Å². The van der Waals surface area contributed by atoms with E-state index in [1.54, 1.807) is 18.2 Å².